The fourth-order valence-corrected chi connectivity index (χ4v) is 1.76. The molecule has 1 fully saturated rings. The molecule has 0 aromatic carbocycles. The van der Waals surface area contributed by atoms with Crippen molar-refractivity contribution in [3.05, 3.63) is 11.6 Å². The SMILES string of the molecule is C/C(=C\C1CCCC1)CBr. The smallest absolute Gasteiger partial charge is 0.0239 e. The van der Waals surface area contributed by atoms with E-state index in [1.165, 1.54) is 31.3 Å². The van der Waals surface area contributed by atoms with Gasteiger partial charge in [-0.3, -0.25) is 0 Å². The minimum Gasteiger partial charge on any atom is -0.0880 e. The highest BCUT2D eigenvalue weighted by atomic mass is 79.9. The van der Waals surface area contributed by atoms with Gasteiger partial charge in [-0.25, -0.2) is 0 Å². The Morgan fingerprint density at radius 1 is 1.50 bits per heavy atom. The Hall–Kier alpha value is 0.220. The van der Waals surface area contributed by atoms with Gasteiger partial charge in [0, 0.05) is 5.33 Å². The highest BCUT2D eigenvalue weighted by Gasteiger charge is 2.11. The second kappa shape index (κ2) is 4.17. The molecule has 58 valence electrons. The summed E-state index contributed by atoms with van der Waals surface area (Å²) in [6, 6.07) is 0. The van der Waals surface area contributed by atoms with E-state index in [0.29, 0.717) is 0 Å². The lowest BCUT2D eigenvalue weighted by Gasteiger charge is -2.02. The molecule has 0 N–H and O–H groups in total. The van der Waals surface area contributed by atoms with Crippen LogP contribution >= 0.6 is 15.9 Å². The molecule has 0 aliphatic heterocycles. The van der Waals surface area contributed by atoms with E-state index in [-0.39, 0.29) is 0 Å². The predicted octanol–water partition coefficient (Wildman–Crippen LogP) is 3.52. The highest BCUT2D eigenvalue weighted by Crippen LogP contribution is 2.26. The molecule has 0 amide bonds. The molecule has 0 aromatic rings. The zero-order valence-corrected chi connectivity index (χ0v) is 8.15. The largest absolute Gasteiger partial charge is 0.0880 e. The van der Waals surface area contributed by atoms with Crippen LogP contribution in [-0.2, 0) is 0 Å². The van der Waals surface area contributed by atoms with Crippen molar-refractivity contribution >= 4 is 15.9 Å². The zero-order valence-electron chi connectivity index (χ0n) is 6.57. The van der Waals surface area contributed by atoms with Crippen LogP contribution in [0.15, 0.2) is 11.6 Å². The van der Waals surface area contributed by atoms with Gasteiger partial charge in [-0.2, -0.15) is 0 Å². The van der Waals surface area contributed by atoms with Crippen LogP contribution in [0.4, 0.5) is 0 Å². The summed E-state index contributed by atoms with van der Waals surface area (Å²) in [7, 11) is 0. The summed E-state index contributed by atoms with van der Waals surface area (Å²) < 4.78 is 0. The van der Waals surface area contributed by atoms with Gasteiger partial charge in [0.1, 0.15) is 0 Å². The van der Waals surface area contributed by atoms with Crippen molar-refractivity contribution in [1.82, 2.24) is 0 Å². The first-order valence-corrected chi connectivity index (χ1v) is 5.18. The molecular formula is C9H15Br. The monoisotopic (exact) mass is 202 g/mol. The van der Waals surface area contributed by atoms with Crippen molar-refractivity contribution in [2.75, 3.05) is 5.33 Å². The number of allylic oxidation sites excluding steroid dienone is 2. The number of alkyl halides is 1. The van der Waals surface area contributed by atoms with Gasteiger partial charge in [0.05, 0.1) is 0 Å². The fraction of sp³-hybridized carbons (Fsp3) is 0.778. The Labute approximate surface area is 71.8 Å². The van der Waals surface area contributed by atoms with Gasteiger partial charge in [-0.05, 0) is 25.7 Å². The van der Waals surface area contributed by atoms with Gasteiger partial charge in [-0.15, -0.1) is 0 Å². The van der Waals surface area contributed by atoms with Crippen LogP contribution in [0.3, 0.4) is 0 Å². The number of halogens is 1. The lowest BCUT2D eigenvalue weighted by atomic mass is 10.1. The summed E-state index contributed by atoms with van der Waals surface area (Å²) in [6.45, 7) is 2.20. The summed E-state index contributed by atoms with van der Waals surface area (Å²) in [4.78, 5) is 0. The van der Waals surface area contributed by atoms with Crippen molar-refractivity contribution in [2.45, 2.75) is 32.6 Å². The predicted molar refractivity (Wildman–Crippen MR) is 49.5 cm³/mol. The summed E-state index contributed by atoms with van der Waals surface area (Å²) in [5, 5.41) is 1.05. The first kappa shape index (κ1) is 8.32. The lowest BCUT2D eigenvalue weighted by molar-refractivity contribution is 0.681. The Morgan fingerprint density at radius 2 is 2.10 bits per heavy atom. The third-order valence-corrected chi connectivity index (χ3v) is 3.02. The molecule has 0 bridgehead atoms. The first-order chi connectivity index (χ1) is 4.83. The summed E-state index contributed by atoms with van der Waals surface area (Å²) in [6.07, 6.45) is 8.16. The van der Waals surface area contributed by atoms with Crippen molar-refractivity contribution < 1.29 is 0 Å². The average molecular weight is 203 g/mol. The van der Waals surface area contributed by atoms with Crippen molar-refractivity contribution in [1.29, 1.82) is 0 Å². The summed E-state index contributed by atoms with van der Waals surface area (Å²) >= 11 is 3.45. The maximum atomic E-state index is 3.45. The molecular weight excluding hydrogens is 188 g/mol. The van der Waals surface area contributed by atoms with Crippen molar-refractivity contribution in [3.8, 4) is 0 Å². The first-order valence-electron chi connectivity index (χ1n) is 4.06. The van der Waals surface area contributed by atoms with Gasteiger partial charge in [0.2, 0.25) is 0 Å². The van der Waals surface area contributed by atoms with Crippen LogP contribution < -0.4 is 0 Å². The summed E-state index contributed by atoms with van der Waals surface area (Å²) in [5.74, 6) is 0.901. The molecule has 1 saturated carbocycles. The second-order valence-electron chi connectivity index (χ2n) is 3.19. The van der Waals surface area contributed by atoms with Crippen LogP contribution in [0.1, 0.15) is 32.6 Å². The minimum absolute atomic E-state index is 0.901. The molecule has 0 atom stereocenters. The third kappa shape index (κ3) is 2.45. The Bertz CT molecular complexity index is 121. The average Bonchev–Trinajstić information content (AvgIpc) is 2.40. The van der Waals surface area contributed by atoms with E-state index in [4.69, 9.17) is 0 Å². The van der Waals surface area contributed by atoms with E-state index in [1.54, 1.807) is 0 Å². The van der Waals surface area contributed by atoms with Crippen molar-refractivity contribution in [3.63, 3.8) is 0 Å². The number of hydrogen-bond acceptors (Lipinski definition) is 0. The number of hydrogen-bond donors (Lipinski definition) is 0. The standard InChI is InChI=1S/C9H15Br/c1-8(7-10)6-9-4-2-3-5-9/h6,9H,2-5,7H2,1H3/b8-6+. The van der Waals surface area contributed by atoms with Gasteiger partial charge in [-0.1, -0.05) is 40.4 Å². The van der Waals surface area contributed by atoms with E-state index < -0.39 is 0 Å². The van der Waals surface area contributed by atoms with Crippen LogP contribution in [0.5, 0.6) is 0 Å². The van der Waals surface area contributed by atoms with Gasteiger partial charge in [0.15, 0.2) is 0 Å². The fourth-order valence-electron chi connectivity index (χ4n) is 1.57. The maximum absolute atomic E-state index is 3.45. The normalized spacial score (nSPS) is 22.0. The van der Waals surface area contributed by atoms with E-state index in [1.807, 2.05) is 0 Å². The molecule has 0 nitrogen and oxygen atoms in total. The molecule has 1 heteroatoms. The molecule has 0 radical (unpaired) electrons. The van der Waals surface area contributed by atoms with E-state index >= 15 is 0 Å². The quantitative estimate of drug-likeness (QED) is 0.475. The highest BCUT2D eigenvalue weighted by molar-refractivity contribution is 9.09. The van der Waals surface area contributed by atoms with Gasteiger partial charge in [0.25, 0.3) is 0 Å². The lowest BCUT2D eigenvalue weighted by Crippen LogP contribution is -1.89. The zero-order chi connectivity index (χ0) is 7.40. The number of rotatable bonds is 2. The molecule has 0 heterocycles. The summed E-state index contributed by atoms with van der Waals surface area (Å²) in [5.41, 5.74) is 1.49. The third-order valence-electron chi connectivity index (χ3n) is 2.13. The molecule has 1 aliphatic carbocycles. The van der Waals surface area contributed by atoms with Crippen LogP contribution in [0.2, 0.25) is 0 Å². The van der Waals surface area contributed by atoms with Gasteiger partial charge >= 0.3 is 0 Å². The molecule has 1 rings (SSSR count). The van der Waals surface area contributed by atoms with Crippen LogP contribution in [-0.4, -0.2) is 5.33 Å². The van der Waals surface area contributed by atoms with Gasteiger partial charge < -0.3 is 0 Å². The van der Waals surface area contributed by atoms with Crippen LogP contribution in [0, 0.1) is 5.92 Å². The minimum atomic E-state index is 0.901. The maximum Gasteiger partial charge on any atom is 0.0239 e. The topological polar surface area (TPSA) is 0 Å². The van der Waals surface area contributed by atoms with Crippen LogP contribution in [0.25, 0.3) is 0 Å². The Kier molecular flexibility index (Phi) is 3.47. The molecule has 10 heavy (non-hydrogen) atoms. The molecule has 0 saturated heterocycles. The van der Waals surface area contributed by atoms with E-state index in [2.05, 4.69) is 28.9 Å². The Balaban J connectivity index is 2.34. The molecule has 0 spiro atoms. The Morgan fingerprint density at radius 3 is 2.60 bits per heavy atom. The second-order valence-corrected chi connectivity index (χ2v) is 3.75. The molecule has 1 aliphatic rings. The molecule has 0 unspecified atom stereocenters. The molecule has 0 aromatic heterocycles. The van der Waals surface area contributed by atoms with E-state index in [9.17, 15) is 0 Å². The van der Waals surface area contributed by atoms with Crippen molar-refractivity contribution in [2.24, 2.45) is 5.92 Å². The van der Waals surface area contributed by atoms with E-state index in [0.717, 1.165) is 11.2 Å².